The average Bonchev–Trinajstić information content (AvgIpc) is 2.51. The lowest BCUT2D eigenvalue weighted by molar-refractivity contribution is 0.537. The van der Waals surface area contributed by atoms with Crippen LogP contribution in [0.5, 0.6) is 0 Å². The molecule has 0 N–H and O–H groups in total. The van der Waals surface area contributed by atoms with E-state index in [-0.39, 0.29) is 11.2 Å². The molecule has 1 aliphatic rings. The van der Waals surface area contributed by atoms with E-state index in [0.29, 0.717) is 17.0 Å². The first-order valence-electron chi connectivity index (χ1n) is 7.56. The van der Waals surface area contributed by atoms with Gasteiger partial charge in [0.25, 0.3) is 0 Å². The molecular formula is C19H20ClF. The largest absolute Gasteiger partial charge is 0.206 e. The summed E-state index contributed by atoms with van der Waals surface area (Å²) < 4.78 is 13.8. The van der Waals surface area contributed by atoms with Gasteiger partial charge in [0.2, 0.25) is 0 Å². The summed E-state index contributed by atoms with van der Waals surface area (Å²) in [6, 6.07) is 12.4. The summed E-state index contributed by atoms with van der Waals surface area (Å²) >= 11 is 6.79. The quantitative estimate of drug-likeness (QED) is 0.611. The lowest BCUT2D eigenvalue weighted by Crippen LogP contribution is -2.14. The van der Waals surface area contributed by atoms with Crippen molar-refractivity contribution < 1.29 is 4.39 Å². The minimum absolute atomic E-state index is 0.0931. The molecule has 0 saturated carbocycles. The van der Waals surface area contributed by atoms with Crippen molar-refractivity contribution in [3.05, 3.63) is 70.0 Å². The molecule has 110 valence electrons. The first-order valence-corrected chi connectivity index (χ1v) is 8.00. The van der Waals surface area contributed by atoms with Gasteiger partial charge in [-0.25, -0.2) is 4.39 Å². The topological polar surface area (TPSA) is 0 Å². The predicted octanol–water partition coefficient (Wildman–Crippen LogP) is 5.84. The van der Waals surface area contributed by atoms with Gasteiger partial charge in [-0.3, -0.25) is 0 Å². The number of aryl methyl sites for hydroxylation is 3. The number of halogens is 2. The van der Waals surface area contributed by atoms with Crippen molar-refractivity contribution in [1.29, 1.82) is 0 Å². The molecule has 21 heavy (non-hydrogen) atoms. The maximum atomic E-state index is 13.8. The lowest BCUT2D eigenvalue weighted by atomic mass is 9.79. The Bertz CT molecular complexity index is 639. The summed E-state index contributed by atoms with van der Waals surface area (Å²) in [4.78, 5) is 0. The molecule has 2 unspecified atom stereocenters. The van der Waals surface area contributed by atoms with E-state index in [1.807, 2.05) is 26.0 Å². The van der Waals surface area contributed by atoms with E-state index in [4.69, 9.17) is 11.6 Å². The van der Waals surface area contributed by atoms with E-state index < -0.39 is 0 Å². The van der Waals surface area contributed by atoms with Crippen LogP contribution in [-0.2, 0) is 6.42 Å². The Kier molecular flexibility index (Phi) is 4.03. The summed E-state index contributed by atoms with van der Waals surface area (Å²) in [6.07, 6.45) is 3.41. The molecule has 2 heteroatoms. The highest BCUT2D eigenvalue weighted by Gasteiger charge is 2.28. The van der Waals surface area contributed by atoms with Gasteiger partial charge in [0.1, 0.15) is 5.82 Å². The number of hydrogen-bond acceptors (Lipinski definition) is 0. The third-order valence-corrected chi connectivity index (χ3v) is 5.10. The Morgan fingerprint density at radius 2 is 1.81 bits per heavy atom. The minimum Gasteiger partial charge on any atom is -0.206 e. The van der Waals surface area contributed by atoms with E-state index in [1.54, 1.807) is 0 Å². The second-order valence-electron chi connectivity index (χ2n) is 6.07. The standard InChI is InChI=1S/C19H20ClF/c1-12-10-15(11-13(2)19(12)21)18(20)17-9-5-7-14-6-3-4-8-16(14)17/h3-4,6,8,10-11,17-18H,5,7,9H2,1-2H3. The fourth-order valence-corrected chi connectivity index (χ4v) is 3.85. The second kappa shape index (κ2) is 5.81. The fraction of sp³-hybridized carbons (Fsp3) is 0.368. The van der Waals surface area contributed by atoms with Crippen LogP contribution in [0.15, 0.2) is 36.4 Å². The van der Waals surface area contributed by atoms with E-state index in [0.717, 1.165) is 18.4 Å². The van der Waals surface area contributed by atoms with Gasteiger partial charge in [-0.05, 0) is 60.9 Å². The van der Waals surface area contributed by atoms with Gasteiger partial charge in [-0.1, -0.05) is 36.4 Å². The SMILES string of the molecule is Cc1cc(C(Cl)C2CCCc3ccccc32)cc(C)c1F. The van der Waals surface area contributed by atoms with Crippen LogP contribution in [0.2, 0.25) is 0 Å². The summed E-state index contributed by atoms with van der Waals surface area (Å²) in [5.74, 6) is 0.201. The fourth-order valence-electron chi connectivity index (χ4n) is 3.47. The van der Waals surface area contributed by atoms with Crippen molar-refractivity contribution in [2.75, 3.05) is 0 Å². The van der Waals surface area contributed by atoms with Crippen molar-refractivity contribution in [3.63, 3.8) is 0 Å². The molecule has 2 aromatic rings. The Balaban J connectivity index is 1.98. The van der Waals surface area contributed by atoms with Crippen molar-refractivity contribution >= 4 is 11.6 Å². The molecule has 0 nitrogen and oxygen atoms in total. The molecule has 0 saturated heterocycles. The van der Waals surface area contributed by atoms with E-state index in [1.165, 1.54) is 17.5 Å². The van der Waals surface area contributed by atoms with Crippen molar-refractivity contribution in [1.82, 2.24) is 0 Å². The summed E-state index contributed by atoms with van der Waals surface area (Å²) in [5, 5.41) is -0.0931. The van der Waals surface area contributed by atoms with Gasteiger partial charge in [0, 0.05) is 5.92 Å². The molecule has 1 aliphatic carbocycles. The molecule has 0 heterocycles. The zero-order valence-corrected chi connectivity index (χ0v) is 13.3. The highest BCUT2D eigenvalue weighted by Crippen LogP contribution is 2.44. The third-order valence-electron chi connectivity index (χ3n) is 4.55. The van der Waals surface area contributed by atoms with Crippen molar-refractivity contribution in [2.24, 2.45) is 0 Å². The molecule has 0 amide bonds. The Morgan fingerprint density at radius 3 is 2.52 bits per heavy atom. The Morgan fingerprint density at radius 1 is 1.14 bits per heavy atom. The number of rotatable bonds is 2. The molecule has 0 fully saturated rings. The smallest absolute Gasteiger partial charge is 0.129 e. The molecular weight excluding hydrogens is 283 g/mol. The Labute approximate surface area is 131 Å². The minimum atomic E-state index is -0.119. The number of alkyl halides is 1. The number of hydrogen-bond donors (Lipinski definition) is 0. The van der Waals surface area contributed by atoms with Gasteiger partial charge >= 0.3 is 0 Å². The summed E-state index contributed by atoms with van der Waals surface area (Å²) in [5.41, 5.74) is 5.17. The van der Waals surface area contributed by atoms with Crippen LogP contribution >= 0.6 is 11.6 Å². The summed E-state index contributed by atoms with van der Waals surface area (Å²) in [6.45, 7) is 3.62. The van der Waals surface area contributed by atoms with Gasteiger partial charge in [0.15, 0.2) is 0 Å². The molecule has 0 aliphatic heterocycles. The third kappa shape index (κ3) is 2.72. The van der Waals surface area contributed by atoms with Crippen LogP contribution < -0.4 is 0 Å². The van der Waals surface area contributed by atoms with Gasteiger partial charge in [-0.2, -0.15) is 0 Å². The molecule has 2 atom stereocenters. The van der Waals surface area contributed by atoms with Crippen LogP contribution in [0.25, 0.3) is 0 Å². The molecule has 2 aromatic carbocycles. The zero-order valence-electron chi connectivity index (χ0n) is 12.5. The van der Waals surface area contributed by atoms with E-state index >= 15 is 0 Å². The highest BCUT2D eigenvalue weighted by molar-refractivity contribution is 6.21. The van der Waals surface area contributed by atoms with Crippen molar-refractivity contribution in [2.45, 2.75) is 44.4 Å². The molecule has 0 radical (unpaired) electrons. The van der Waals surface area contributed by atoms with Gasteiger partial charge < -0.3 is 0 Å². The maximum Gasteiger partial charge on any atom is 0.129 e. The maximum absolute atomic E-state index is 13.8. The van der Waals surface area contributed by atoms with Gasteiger partial charge in [-0.15, -0.1) is 11.6 Å². The molecule has 0 bridgehead atoms. The average molecular weight is 303 g/mol. The first kappa shape index (κ1) is 14.6. The van der Waals surface area contributed by atoms with Crippen LogP contribution in [-0.4, -0.2) is 0 Å². The second-order valence-corrected chi connectivity index (χ2v) is 6.54. The summed E-state index contributed by atoms with van der Waals surface area (Å²) in [7, 11) is 0. The normalized spacial score (nSPS) is 19.1. The van der Waals surface area contributed by atoms with Crippen LogP contribution in [0.1, 0.15) is 52.0 Å². The Hall–Kier alpha value is -1.34. The first-order chi connectivity index (χ1) is 10.1. The lowest BCUT2D eigenvalue weighted by Gasteiger charge is -2.29. The monoisotopic (exact) mass is 302 g/mol. The van der Waals surface area contributed by atoms with Crippen LogP contribution in [0.4, 0.5) is 4.39 Å². The molecule has 3 rings (SSSR count). The van der Waals surface area contributed by atoms with E-state index in [2.05, 4.69) is 24.3 Å². The molecule has 0 spiro atoms. The van der Waals surface area contributed by atoms with E-state index in [9.17, 15) is 4.39 Å². The van der Waals surface area contributed by atoms with Crippen molar-refractivity contribution in [3.8, 4) is 0 Å². The zero-order chi connectivity index (χ0) is 15.0. The number of fused-ring (bicyclic) bond motifs is 1. The highest BCUT2D eigenvalue weighted by atomic mass is 35.5. The predicted molar refractivity (Wildman–Crippen MR) is 86.6 cm³/mol. The number of benzene rings is 2. The molecule has 0 aromatic heterocycles. The van der Waals surface area contributed by atoms with Gasteiger partial charge in [0.05, 0.1) is 5.38 Å². The van der Waals surface area contributed by atoms with Crippen LogP contribution in [0.3, 0.4) is 0 Å². The van der Waals surface area contributed by atoms with Crippen LogP contribution in [0, 0.1) is 19.7 Å².